The van der Waals surface area contributed by atoms with E-state index in [4.69, 9.17) is 10.1 Å². The topological polar surface area (TPSA) is 88.2 Å². The Morgan fingerprint density at radius 2 is 2.00 bits per heavy atom. The number of benzene rings is 2. The summed E-state index contributed by atoms with van der Waals surface area (Å²) in [5, 5.41) is 19.6. The van der Waals surface area contributed by atoms with Gasteiger partial charge in [0.15, 0.2) is 0 Å². The summed E-state index contributed by atoms with van der Waals surface area (Å²) in [6, 6.07) is 15.4. The summed E-state index contributed by atoms with van der Waals surface area (Å²) < 4.78 is 0. The highest BCUT2D eigenvalue weighted by atomic mass is 16.6. The molecule has 0 amide bonds. The molecule has 2 rings (SSSR count). The lowest BCUT2D eigenvalue weighted by Crippen LogP contribution is -2.03. The second-order valence-electron chi connectivity index (χ2n) is 3.98. The molecule has 0 spiro atoms. The van der Waals surface area contributed by atoms with Crippen molar-refractivity contribution in [3.63, 3.8) is 0 Å². The molecule has 2 aromatic rings. The fourth-order valence-electron chi connectivity index (χ4n) is 1.60. The third-order valence-electron chi connectivity index (χ3n) is 2.60. The maximum Gasteiger partial charge on any atom is 0.270 e. The van der Waals surface area contributed by atoms with Crippen LogP contribution in [-0.4, -0.2) is 4.92 Å². The molecule has 0 radical (unpaired) electrons. The van der Waals surface area contributed by atoms with Gasteiger partial charge in [-0.05, 0) is 11.6 Å². The molecule has 0 saturated carbocycles. The molecular weight excluding hydrogens is 258 g/mol. The Hall–Kier alpha value is -2.91. The number of nitro groups is 1. The van der Waals surface area contributed by atoms with Gasteiger partial charge in [-0.15, -0.1) is 0 Å². The van der Waals surface area contributed by atoms with Crippen LogP contribution in [-0.2, 0) is 11.4 Å². The van der Waals surface area contributed by atoms with Crippen molar-refractivity contribution in [2.75, 3.05) is 5.48 Å². The number of hydrogen-bond donors (Lipinski definition) is 1. The fourth-order valence-corrected chi connectivity index (χ4v) is 1.60. The van der Waals surface area contributed by atoms with Crippen LogP contribution in [0.5, 0.6) is 0 Å². The van der Waals surface area contributed by atoms with Crippen molar-refractivity contribution < 1.29 is 9.76 Å². The van der Waals surface area contributed by atoms with E-state index in [2.05, 4.69) is 5.48 Å². The first kappa shape index (κ1) is 13.5. The standard InChI is InChI=1S/C14H11N3O3/c15-9-12-8-13(17(18)19)6-7-14(12)16-20-10-11-4-2-1-3-5-11/h1-8,16H,10H2. The minimum atomic E-state index is -0.546. The predicted octanol–water partition coefficient (Wildman–Crippen LogP) is 3.01. The van der Waals surface area contributed by atoms with Gasteiger partial charge >= 0.3 is 0 Å². The molecule has 1 N–H and O–H groups in total. The zero-order chi connectivity index (χ0) is 14.4. The second-order valence-corrected chi connectivity index (χ2v) is 3.98. The lowest BCUT2D eigenvalue weighted by atomic mass is 10.2. The van der Waals surface area contributed by atoms with Gasteiger partial charge in [0, 0.05) is 12.1 Å². The third-order valence-corrected chi connectivity index (χ3v) is 2.60. The molecule has 2 aromatic carbocycles. The number of nitrogens with zero attached hydrogens (tertiary/aromatic N) is 2. The second kappa shape index (κ2) is 6.31. The van der Waals surface area contributed by atoms with Gasteiger partial charge in [0.1, 0.15) is 6.07 Å². The van der Waals surface area contributed by atoms with Crippen LogP contribution in [0.25, 0.3) is 0 Å². The highest BCUT2D eigenvalue weighted by Crippen LogP contribution is 2.21. The molecule has 0 fully saturated rings. The van der Waals surface area contributed by atoms with E-state index in [1.165, 1.54) is 18.2 Å². The molecule has 0 bridgehead atoms. The maximum atomic E-state index is 10.6. The molecule has 0 aromatic heterocycles. The Labute approximate surface area is 115 Å². The number of anilines is 1. The Balaban J connectivity index is 2.03. The summed E-state index contributed by atoms with van der Waals surface area (Å²) >= 11 is 0. The minimum Gasteiger partial charge on any atom is -0.271 e. The number of non-ortho nitro benzene ring substituents is 1. The van der Waals surface area contributed by atoms with Crippen molar-refractivity contribution in [3.05, 3.63) is 69.8 Å². The van der Waals surface area contributed by atoms with E-state index in [1.807, 2.05) is 36.4 Å². The number of nitriles is 1. The molecule has 0 aliphatic heterocycles. The lowest BCUT2D eigenvalue weighted by molar-refractivity contribution is -0.384. The molecule has 0 aliphatic rings. The quantitative estimate of drug-likeness (QED) is 0.665. The zero-order valence-electron chi connectivity index (χ0n) is 10.4. The molecule has 20 heavy (non-hydrogen) atoms. The third kappa shape index (κ3) is 3.31. The molecule has 0 heterocycles. The van der Waals surface area contributed by atoms with Crippen LogP contribution >= 0.6 is 0 Å². The number of rotatable bonds is 5. The summed E-state index contributed by atoms with van der Waals surface area (Å²) in [5.74, 6) is 0. The highest BCUT2D eigenvalue weighted by Gasteiger charge is 2.10. The zero-order valence-corrected chi connectivity index (χ0v) is 10.4. The number of nitro benzene ring substituents is 1. The summed E-state index contributed by atoms with van der Waals surface area (Å²) in [6.45, 7) is 0.322. The van der Waals surface area contributed by atoms with Gasteiger partial charge in [0.05, 0.1) is 22.8 Å². The van der Waals surface area contributed by atoms with Gasteiger partial charge in [-0.1, -0.05) is 30.3 Å². The monoisotopic (exact) mass is 269 g/mol. The van der Waals surface area contributed by atoms with Gasteiger partial charge in [0.2, 0.25) is 0 Å². The normalized spacial score (nSPS) is 9.75. The summed E-state index contributed by atoms with van der Waals surface area (Å²) in [4.78, 5) is 15.4. The molecule has 100 valence electrons. The lowest BCUT2D eigenvalue weighted by Gasteiger charge is -2.08. The Morgan fingerprint density at radius 3 is 2.65 bits per heavy atom. The Kier molecular flexibility index (Phi) is 4.27. The van der Waals surface area contributed by atoms with Gasteiger partial charge in [-0.25, -0.2) is 0 Å². The van der Waals surface area contributed by atoms with E-state index in [0.717, 1.165) is 5.56 Å². The van der Waals surface area contributed by atoms with Crippen LogP contribution in [0.15, 0.2) is 48.5 Å². The average molecular weight is 269 g/mol. The van der Waals surface area contributed by atoms with Crippen molar-refractivity contribution >= 4 is 11.4 Å². The molecule has 0 aliphatic carbocycles. The fraction of sp³-hybridized carbons (Fsp3) is 0.0714. The van der Waals surface area contributed by atoms with E-state index in [0.29, 0.717) is 12.3 Å². The largest absolute Gasteiger partial charge is 0.271 e. The first-order valence-corrected chi connectivity index (χ1v) is 5.81. The SMILES string of the molecule is N#Cc1cc([N+](=O)[O-])ccc1NOCc1ccccc1. The van der Waals surface area contributed by atoms with Gasteiger partial charge in [0.25, 0.3) is 5.69 Å². The van der Waals surface area contributed by atoms with Crippen molar-refractivity contribution in [2.24, 2.45) is 0 Å². The van der Waals surface area contributed by atoms with Crippen LogP contribution in [0.2, 0.25) is 0 Å². The molecule has 6 heteroatoms. The first-order chi connectivity index (χ1) is 9.70. The summed E-state index contributed by atoms with van der Waals surface area (Å²) in [7, 11) is 0. The molecular formula is C14H11N3O3. The molecule has 6 nitrogen and oxygen atoms in total. The van der Waals surface area contributed by atoms with Gasteiger partial charge < -0.3 is 0 Å². The van der Waals surface area contributed by atoms with E-state index in [9.17, 15) is 10.1 Å². The maximum absolute atomic E-state index is 10.6. The van der Waals surface area contributed by atoms with Crippen LogP contribution in [0.1, 0.15) is 11.1 Å². The van der Waals surface area contributed by atoms with E-state index in [-0.39, 0.29) is 11.3 Å². The van der Waals surface area contributed by atoms with Gasteiger partial charge in [-0.2, -0.15) is 5.26 Å². The van der Waals surface area contributed by atoms with E-state index in [1.54, 1.807) is 0 Å². The van der Waals surface area contributed by atoms with Crippen molar-refractivity contribution in [3.8, 4) is 6.07 Å². The Bertz CT molecular complexity index is 650. The van der Waals surface area contributed by atoms with Crippen molar-refractivity contribution in [2.45, 2.75) is 6.61 Å². The van der Waals surface area contributed by atoms with Crippen LogP contribution < -0.4 is 5.48 Å². The van der Waals surface area contributed by atoms with Crippen LogP contribution in [0.3, 0.4) is 0 Å². The molecule has 0 saturated heterocycles. The summed E-state index contributed by atoms with van der Waals surface area (Å²) in [5.41, 5.74) is 4.03. The Morgan fingerprint density at radius 1 is 1.25 bits per heavy atom. The minimum absolute atomic E-state index is 0.129. The number of hydrogen-bond acceptors (Lipinski definition) is 5. The smallest absolute Gasteiger partial charge is 0.270 e. The van der Waals surface area contributed by atoms with Crippen molar-refractivity contribution in [1.82, 2.24) is 0 Å². The van der Waals surface area contributed by atoms with Gasteiger partial charge in [-0.3, -0.25) is 20.4 Å². The van der Waals surface area contributed by atoms with Crippen molar-refractivity contribution in [1.29, 1.82) is 5.26 Å². The van der Waals surface area contributed by atoms with Crippen LogP contribution in [0, 0.1) is 21.4 Å². The first-order valence-electron chi connectivity index (χ1n) is 5.81. The molecule has 0 atom stereocenters. The van der Waals surface area contributed by atoms with E-state index >= 15 is 0 Å². The predicted molar refractivity (Wildman–Crippen MR) is 72.7 cm³/mol. The average Bonchev–Trinajstić information content (AvgIpc) is 2.48. The summed E-state index contributed by atoms with van der Waals surface area (Å²) in [6.07, 6.45) is 0. The highest BCUT2D eigenvalue weighted by molar-refractivity contribution is 5.60. The van der Waals surface area contributed by atoms with Crippen LogP contribution in [0.4, 0.5) is 11.4 Å². The van der Waals surface area contributed by atoms with E-state index < -0.39 is 4.92 Å². The number of nitrogens with one attached hydrogen (secondary N) is 1. The molecule has 0 unspecified atom stereocenters.